The third kappa shape index (κ3) is 3.85. The average molecular weight is 387 g/mol. The molecular formula is C20H25N3O5. The number of esters is 1. The highest BCUT2D eigenvalue weighted by Crippen LogP contribution is 2.42. The molecule has 1 aromatic rings. The molecule has 0 bridgehead atoms. The smallest absolute Gasteiger partial charge is 0.327 e. The predicted octanol–water partition coefficient (Wildman–Crippen LogP) is 1.89. The van der Waals surface area contributed by atoms with Crippen molar-refractivity contribution in [2.45, 2.75) is 52.2 Å². The van der Waals surface area contributed by atoms with Gasteiger partial charge in [-0.25, -0.2) is 4.79 Å². The molecule has 1 aromatic carbocycles. The van der Waals surface area contributed by atoms with Crippen molar-refractivity contribution in [1.82, 2.24) is 10.2 Å². The van der Waals surface area contributed by atoms with Gasteiger partial charge in [-0.05, 0) is 63.6 Å². The number of benzene rings is 1. The molecule has 2 N–H and O–H groups in total. The van der Waals surface area contributed by atoms with Crippen LogP contribution in [0.2, 0.25) is 0 Å². The normalized spacial score (nSPS) is 22.6. The lowest BCUT2D eigenvalue weighted by Gasteiger charge is -2.21. The number of aryl methyl sites for hydroxylation is 2. The Hall–Kier alpha value is -2.90. The second-order valence-electron chi connectivity index (χ2n) is 7.74. The van der Waals surface area contributed by atoms with E-state index in [-0.39, 0.29) is 5.92 Å². The average Bonchev–Trinajstić information content (AvgIpc) is 3.44. The van der Waals surface area contributed by atoms with E-state index in [1.54, 1.807) is 6.92 Å². The molecule has 0 radical (unpaired) electrons. The molecule has 1 aliphatic heterocycles. The number of urea groups is 1. The van der Waals surface area contributed by atoms with E-state index in [1.807, 2.05) is 32.0 Å². The molecule has 2 atom stereocenters. The molecule has 2 fully saturated rings. The number of imide groups is 1. The van der Waals surface area contributed by atoms with E-state index in [1.165, 1.54) is 6.92 Å². The summed E-state index contributed by atoms with van der Waals surface area (Å²) in [5.74, 6) is -1.62. The summed E-state index contributed by atoms with van der Waals surface area (Å²) < 4.78 is 5.13. The number of anilines is 1. The Morgan fingerprint density at radius 1 is 1.32 bits per heavy atom. The maximum atomic E-state index is 12.5. The first-order chi connectivity index (χ1) is 13.1. The van der Waals surface area contributed by atoms with Gasteiger partial charge in [-0.2, -0.15) is 0 Å². The van der Waals surface area contributed by atoms with Crippen molar-refractivity contribution >= 4 is 29.5 Å². The Labute approximate surface area is 163 Å². The fraction of sp³-hybridized carbons (Fsp3) is 0.500. The maximum Gasteiger partial charge on any atom is 0.327 e. The van der Waals surface area contributed by atoms with E-state index in [0.29, 0.717) is 5.69 Å². The number of carbonyl (C=O) groups excluding carboxylic acids is 4. The van der Waals surface area contributed by atoms with Gasteiger partial charge in [0.2, 0.25) is 0 Å². The number of ether oxygens (including phenoxy) is 1. The van der Waals surface area contributed by atoms with Gasteiger partial charge in [0.25, 0.3) is 11.8 Å². The standard InChI is InChI=1S/C20H25N3O5/c1-11-5-6-12(2)15(9-11)21-17(25)13(3)28-16(24)10-23-18(26)20(4,14-7-8-14)22-19(23)27/h5-6,9,13-14H,7-8,10H2,1-4H3,(H,21,25)(H,22,27)/t13-,20+/m1/s1. The Bertz CT molecular complexity index is 848. The second-order valence-corrected chi connectivity index (χ2v) is 7.74. The Kier molecular flexibility index (Phi) is 5.14. The predicted molar refractivity (Wildman–Crippen MR) is 101 cm³/mol. The van der Waals surface area contributed by atoms with E-state index < -0.39 is 42.0 Å². The summed E-state index contributed by atoms with van der Waals surface area (Å²) in [4.78, 5) is 50.0. The minimum Gasteiger partial charge on any atom is -0.451 e. The zero-order valence-corrected chi connectivity index (χ0v) is 16.5. The lowest BCUT2D eigenvalue weighted by molar-refractivity contribution is -0.155. The van der Waals surface area contributed by atoms with E-state index in [0.717, 1.165) is 28.9 Å². The van der Waals surface area contributed by atoms with E-state index in [9.17, 15) is 19.2 Å². The molecule has 28 heavy (non-hydrogen) atoms. The molecule has 8 heteroatoms. The first-order valence-corrected chi connectivity index (χ1v) is 9.33. The van der Waals surface area contributed by atoms with Crippen LogP contribution in [0.25, 0.3) is 0 Å². The number of rotatable bonds is 6. The quantitative estimate of drug-likeness (QED) is 0.573. The molecule has 4 amide bonds. The molecule has 0 unspecified atom stereocenters. The Balaban J connectivity index is 1.57. The highest BCUT2D eigenvalue weighted by Gasteiger charge is 2.56. The third-order valence-electron chi connectivity index (χ3n) is 5.31. The van der Waals surface area contributed by atoms with E-state index >= 15 is 0 Å². The van der Waals surface area contributed by atoms with Crippen molar-refractivity contribution in [2.24, 2.45) is 5.92 Å². The fourth-order valence-electron chi connectivity index (χ4n) is 3.32. The van der Waals surface area contributed by atoms with Gasteiger partial charge in [0.15, 0.2) is 6.10 Å². The summed E-state index contributed by atoms with van der Waals surface area (Å²) in [7, 11) is 0. The van der Waals surface area contributed by atoms with Crippen LogP contribution in [-0.4, -0.2) is 46.9 Å². The zero-order valence-electron chi connectivity index (χ0n) is 16.5. The number of amides is 4. The highest BCUT2D eigenvalue weighted by atomic mass is 16.5. The highest BCUT2D eigenvalue weighted by molar-refractivity contribution is 6.09. The molecule has 0 spiro atoms. The summed E-state index contributed by atoms with van der Waals surface area (Å²) in [6, 6.07) is 5.04. The lowest BCUT2D eigenvalue weighted by atomic mass is 9.96. The summed E-state index contributed by atoms with van der Waals surface area (Å²) in [5.41, 5.74) is 1.56. The molecule has 150 valence electrons. The number of carbonyl (C=O) groups is 4. The van der Waals surface area contributed by atoms with Crippen LogP contribution in [0.1, 0.15) is 37.8 Å². The zero-order chi connectivity index (χ0) is 20.6. The molecule has 8 nitrogen and oxygen atoms in total. The van der Waals surface area contributed by atoms with Crippen molar-refractivity contribution in [2.75, 3.05) is 11.9 Å². The number of hydrogen-bond acceptors (Lipinski definition) is 5. The second kappa shape index (κ2) is 7.26. The van der Waals surface area contributed by atoms with Gasteiger partial charge >= 0.3 is 12.0 Å². The van der Waals surface area contributed by atoms with Gasteiger partial charge in [-0.15, -0.1) is 0 Å². The molecule has 1 heterocycles. The van der Waals surface area contributed by atoms with Gasteiger partial charge in [0.1, 0.15) is 12.1 Å². The summed E-state index contributed by atoms with van der Waals surface area (Å²) in [5, 5.41) is 5.40. The van der Waals surface area contributed by atoms with Crippen molar-refractivity contribution in [1.29, 1.82) is 0 Å². The Morgan fingerprint density at radius 3 is 2.64 bits per heavy atom. The third-order valence-corrected chi connectivity index (χ3v) is 5.31. The molecule has 1 aliphatic carbocycles. The van der Waals surface area contributed by atoms with Crippen molar-refractivity contribution in [3.05, 3.63) is 29.3 Å². The molecule has 2 aliphatic rings. The Morgan fingerprint density at radius 2 is 2.00 bits per heavy atom. The number of hydrogen-bond donors (Lipinski definition) is 2. The molecule has 1 saturated heterocycles. The topological polar surface area (TPSA) is 105 Å². The molecule has 0 aromatic heterocycles. The van der Waals surface area contributed by atoms with Gasteiger partial charge in [-0.3, -0.25) is 19.3 Å². The van der Waals surface area contributed by atoms with Gasteiger partial charge < -0.3 is 15.4 Å². The van der Waals surface area contributed by atoms with Crippen LogP contribution in [0.5, 0.6) is 0 Å². The van der Waals surface area contributed by atoms with Crippen molar-refractivity contribution in [3.63, 3.8) is 0 Å². The minimum atomic E-state index is -1.07. The molecule has 3 rings (SSSR count). The first kappa shape index (κ1) is 19.9. The minimum absolute atomic E-state index is 0.104. The summed E-state index contributed by atoms with van der Waals surface area (Å²) >= 11 is 0. The van der Waals surface area contributed by atoms with Crippen LogP contribution in [0, 0.1) is 19.8 Å². The van der Waals surface area contributed by atoms with Crippen LogP contribution in [0.3, 0.4) is 0 Å². The van der Waals surface area contributed by atoms with Crippen LogP contribution in [-0.2, 0) is 19.1 Å². The number of nitrogens with one attached hydrogen (secondary N) is 2. The monoisotopic (exact) mass is 387 g/mol. The number of nitrogens with zero attached hydrogens (tertiary/aromatic N) is 1. The summed E-state index contributed by atoms with van der Waals surface area (Å²) in [6.07, 6.45) is 0.676. The van der Waals surface area contributed by atoms with Crippen molar-refractivity contribution < 1.29 is 23.9 Å². The van der Waals surface area contributed by atoms with Gasteiger partial charge in [-0.1, -0.05) is 12.1 Å². The van der Waals surface area contributed by atoms with E-state index in [4.69, 9.17) is 4.74 Å². The molecular weight excluding hydrogens is 362 g/mol. The largest absolute Gasteiger partial charge is 0.451 e. The van der Waals surface area contributed by atoms with Crippen LogP contribution < -0.4 is 10.6 Å². The van der Waals surface area contributed by atoms with Gasteiger partial charge in [0.05, 0.1) is 0 Å². The first-order valence-electron chi connectivity index (χ1n) is 9.33. The van der Waals surface area contributed by atoms with Crippen LogP contribution in [0.15, 0.2) is 18.2 Å². The lowest BCUT2D eigenvalue weighted by Crippen LogP contribution is -2.46. The molecule has 1 saturated carbocycles. The van der Waals surface area contributed by atoms with E-state index in [2.05, 4.69) is 10.6 Å². The van der Waals surface area contributed by atoms with Crippen LogP contribution >= 0.6 is 0 Å². The summed E-state index contributed by atoms with van der Waals surface area (Å²) in [6.45, 7) is 6.37. The maximum absolute atomic E-state index is 12.5. The van der Waals surface area contributed by atoms with Gasteiger partial charge in [0, 0.05) is 5.69 Å². The SMILES string of the molecule is Cc1ccc(C)c(NC(=O)[C@@H](C)OC(=O)CN2C(=O)N[C@@](C)(C3CC3)C2=O)c1. The van der Waals surface area contributed by atoms with Crippen molar-refractivity contribution in [3.8, 4) is 0 Å². The fourth-order valence-corrected chi connectivity index (χ4v) is 3.32. The van der Waals surface area contributed by atoms with Crippen LogP contribution in [0.4, 0.5) is 10.5 Å².